The summed E-state index contributed by atoms with van der Waals surface area (Å²) in [6.07, 6.45) is 3.30. The number of hydrogen-bond acceptors (Lipinski definition) is 4. The fourth-order valence-corrected chi connectivity index (χ4v) is 4.29. The number of ketones is 1. The zero-order valence-electron chi connectivity index (χ0n) is 17.2. The highest BCUT2D eigenvalue weighted by Gasteiger charge is 2.46. The van der Waals surface area contributed by atoms with E-state index in [-0.39, 0.29) is 17.9 Å². The number of nitrogens with zero attached hydrogens (tertiary/aromatic N) is 2. The van der Waals surface area contributed by atoms with Gasteiger partial charge in [0.1, 0.15) is 5.76 Å². The molecule has 0 saturated carbocycles. The van der Waals surface area contributed by atoms with Crippen molar-refractivity contribution in [2.45, 2.75) is 12.6 Å². The summed E-state index contributed by atoms with van der Waals surface area (Å²) in [6, 6.07) is 25.5. The van der Waals surface area contributed by atoms with Crippen LogP contribution in [0.15, 0.2) is 103 Å². The lowest BCUT2D eigenvalue weighted by Crippen LogP contribution is -2.29. The van der Waals surface area contributed by atoms with Crippen LogP contribution in [-0.4, -0.2) is 26.7 Å². The zero-order valence-corrected chi connectivity index (χ0v) is 17.2. The molecule has 2 heterocycles. The normalized spacial score (nSPS) is 17.8. The molecule has 0 aliphatic carbocycles. The maximum Gasteiger partial charge on any atom is 0.295 e. The molecule has 0 bridgehead atoms. The van der Waals surface area contributed by atoms with E-state index in [1.807, 2.05) is 78.9 Å². The third-order valence-corrected chi connectivity index (χ3v) is 5.80. The first-order valence-electron chi connectivity index (χ1n) is 10.4. The molecular formula is C27H20N2O3. The van der Waals surface area contributed by atoms with Gasteiger partial charge < -0.3 is 10.0 Å². The van der Waals surface area contributed by atoms with Crippen LogP contribution in [0.3, 0.4) is 0 Å². The van der Waals surface area contributed by atoms with Gasteiger partial charge in [0.2, 0.25) is 0 Å². The number of benzene rings is 3. The van der Waals surface area contributed by atoms with Gasteiger partial charge in [-0.25, -0.2) is 0 Å². The number of likely N-dealkylation sites (tertiary alicyclic amines) is 1. The Morgan fingerprint density at radius 1 is 0.844 bits per heavy atom. The molecule has 0 spiro atoms. The molecule has 1 aliphatic rings. The molecule has 5 heteroatoms. The second kappa shape index (κ2) is 8.12. The van der Waals surface area contributed by atoms with Gasteiger partial charge >= 0.3 is 0 Å². The maximum atomic E-state index is 13.2. The van der Waals surface area contributed by atoms with Gasteiger partial charge in [-0.1, -0.05) is 72.8 Å². The molecular weight excluding hydrogens is 400 g/mol. The van der Waals surface area contributed by atoms with E-state index in [1.54, 1.807) is 18.5 Å². The van der Waals surface area contributed by atoms with Crippen molar-refractivity contribution in [2.75, 3.05) is 0 Å². The largest absolute Gasteiger partial charge is 0.507 e. The summed E-state index contributed by atoms with van der Waals surface area (Å²) in [4.78, 5) is 31.9. The molecule has 1 unspecified atom stereocenters. The van der Waals surface area contributed by atoms with Gasteiger partial charge in [0.25, 0.3) is 11.7 Å². The van der Waals surface area contributed by atoms with Gasteiger partial charge in [-0.3, -0.25) is 14.6 Å². The molecule has 4 aromatic rings. The molecule has 3 aromatic carbocycles. The molecule has 1 saturated heterocycles. The smallest absolute Gasteiger partial charge is 0.295 e. The van der Waals surface area contributed by atoms with Crippen LogP contribution in [0.1, 0.15) is 22.7 Å². The van der Waals surface area contributed by atoms with Gasteiger partial charge in [-0.05, 0) is 34.0 Å². The van der Waals surface area contributed by atoms with Crippen molar-refractivity contribution in [2.24, 2.45) is 0 Å². The highest BCUT2D eigenvalue weighted by atomic mass is 16.3. The van der Waals surface area contributed by atoms with Crippen molar-refractivity contribution in [3.8, 4) is 0 Å². The first-order chi connectivity index (χ1) is 15.6. The minimum absolute atomic E-state index is 0.103. The average Bonchev–Trinajstić information content (AvgIpc) is 3.09. The van der Waals surface area contributed by atoms with Gasteiger partial charge in [-0.2, -0.15) is 0 Å². The van der Waals surface area contributed by atoms with Gasteiger partial charge in [0.15, 0.2) is 0 Å². The lowest BCUT2D eigenvalue weighted by Gasteiger charge is -2.25. The third kappa shape index (κ3) is 3.34. The van der Waals surface area contributed by atoms with Crippen molar-refractivity contribution >= 4 is 28.2 Å². The topological polar surface area (TPSA) is 70.5 Å². The van der Waals surface area contributed by atoms with Crippen molar-refractivity contribution in [3.05, 3.63) is 120 Å². The van der Waals surface area contributed by atoms with Crippen molar-refractivity contribution in [3.63, 3.8) is 0 Å². The van der Waals surface area contributed by atoms with Crippen LogP contribution in [0.2, 0.25) is 0 Å². The van der Waals surface area contributed by atoms with E-state index in [4.69, 9.17) is 0 Å². The first-order valence-corrected chi connectivity index (χ1v) is 10.4. The van der Waals surface area contributed by atoms with E-state index >= 15 is 0 Å². The van der Waals surface area contributed by atoms with Crippen LogP contribution >= 0.6 is 0 Å². The zero-order chi connectivity index (χ0) is 22.1. The quantitative estimate of drug-likeness (QED) is 0.291. The Morgan fingerprint density at radius 2 is 1.53 bits per heavy atom. The minimum atomic E-state index is -0.691. The Labute approximate surface area is 185 Å². The van der Waals surface area contributed by atoms with Gasteiger partial charge in [-0.15, -0.1) is 0 Å². The molecule has 1 aliphatic heterocycles. The van der Waals surface area contributed by atoms with Crippen LogP contribution in [0.5, 0.6) is 0 Å². The van der Waals surface area contributed by atoms with Gasteiger partial charge in [0.05, 0.1) is 11.6 Å². The number of amides is 1. The Kier molecular flexibility index (Phi) is 5.00. The predicted octanol–water partition coefficient (Wildman–Crippen LogP) is 4.86. The lowest BCUT2D eigenvalue weighted by molar-refractivity contribution is -0.140. The van der Waals surface area contributed by atoms with Crippen LogP contribution in [0.25, 0.3) is 16.5 Å². The monoisotopic (exact) mass is 420 g/mol. The second-order valence-corrected chi connectivity index (χ2v) is 7.72. The lowest BCUT2D eigenvalue weighted by atomic mass is 9.93. The van der Waals surface area contributed by atoms with E-state index in [2.05, 4.69) is 4.98 Å². The molecule has 1 atom stereocenters. The molecule has 1 fully saturated rings. The molecule has 32 heavy (non-hydrogen) atoms. The van der Waals surface area contributed by atoms with Crippen molar-refractivity contribution < 1.29 is 14.7 Å². The predicted molar refractivity (Wildman–Crippen MR) is 122 cm³/mol. The van der Waals surface area contributed by atoms with E-state index in [0.717, 1.165) is 21.9 Å². The number of aliphatic hydroxyl groups excluding tert-OH is 1. The van der Waals surface area contributed by atoms with E-state index in [0.29, 0.717) is 5.56 Å². The minimum Gasteiger partial charge on any atom is -0.507 e. The van der Waals surface area contributed by atoms with Crippen LogP contribution in [-0.2, 0) is 16.1 Å². The van der Waals surface area contributed by atoms with Crippen LogP contribution in [0.4, 0.5) is 0 Å². The fourth-order valence-electron chi connectivity index (χ4n) is 4.29. The standard InChI is InChI=1S/C27H20N2O3/c30-25(22-12-6-10-19-7-4-5-11-21(19)22)23-24(20-8-2-1-3-9-20)29(27(32)26(23)31)17-18-13-15-28-16-14-18/h1-16,24,30H,17H2/b25-23-. The number of carbonyl (C=O) groups excluding carboxylic acids is 2. The number of aromatic nitrogens is 1. The first kappa shape index (κ1) is 19.7. The maximum absolute atomic E-state index is 13.2. The highest BCUT2D eigenvalue weighted by Crippen LogP contribution is 2.41. The number of fused-ring (bicyclic) bond motifs is 1. The summed E-state index contributed by atoms with van der Waals surface area (Å²) >= 11 is 0. The highest BCUT2D eigenvalue weighted by molar-refractivity contribution is 6.46. The van der Waals surface area contributed by atoms with Crippen molar-refractivity contribution in [1.82, 2.24) is 9.88 Å². The molecule has 5 nitrogen and oxygen atoms in total. The molecule has 1 aromatic heterocycles. The van der Waals surface area contributed by atoms with E-state index in [1.165, 1.54) is 4.90 Å². The Morgan fingerprint density at radius 3 is 2.31 bits per heavy atom. The van der Waals surface area contributed by atoms with Crippen LogP contribution in [0, 0.1) is 0 Å². The van der Waals surface area contributed by atoms with E-state index < -0.39 is 17.7 Å². The number of hydrogen-bond donors (Lipinski definition) is 1. The third-order valence-electron chi connectivity index (χ3n) is 5.80. The summed E-state index contributed by atoms with van der Waals surface area (Å²) < 4.78 is 0. The molecule has 1 amide bonds. The number of rotatable bonds is 4. The number of Topliss-reactive ketones (excluding diaryl/α,β-unsaturated/α-hetero) is 1. The molecule has 156 valence electrons. The average molecular weight is 420 g/mol. The Bertz CT molecular complexity index is 1340. The van der Waals surface area contributed by atoms with E-state index in [9.17, 15) is 14.7 Å². The number of carbonyl (C=O) groups is 2. The SMILES string of the molecule is O=C1C(=O)N(Cc2ccncc2)C(c2ccccc2)/C1=C(/O)c1cccc2ccccc12. The molecule has 5 rings (SSSR count). The number of pyridine rings is 1. The molecule has 1 N–H and O–H groups in total. The fraction of sp³-hybridized carbons (Fsp3) is 0.0741. The summed E-state index contributed by atoms with van der Waals surface area (Å²) in [7, 11) is 0. The second-order valence-electron chi connectivity index (χ2n) is 7.72. The van der Waals surface area contributed by atoms with Crippen LogP contribution < -0.4 is 0 Å². The molecule has 0 radical (unpaired) electrons. The Hall–Kier alpha value is -4.25. The summed E-state index contributed by atoms with van der Waals surface area (Å²) in [5.74, 6) is -1.47. The number of aliphatic hydroxyl groups is 1. The summed E-state index contributed by atoms with van der Waals surface area (Å²) in [6.45, 7) is 0.235. The summed E-state index contributed by atoms with van der Waals surface area (Å²) in [5, 5.41) is 13.2. The van der Waals surface area contributed by atoms with Crippen molar-refractivity contribution in [1.29, 1.82) is 0 Å². The Balaban J connectivity index is 1.70. The summed E-state index contributed by atoms with van der Waals surface area (Å²) in [5.41, 5.74) is 2.26. The van der Waals surface area contributed by atoms with Gasteiger partial charge in [0, 0.05) is 24.5 Å².